The zero-order chi connectivity index (χ0) is 17.6. The quantitative estimate of drug-likeness (QED) is 0.759. The molecule has 1 heterocycles. The molecule has 2 aromatic carbocycles. The molecule has 0 aliphatic carbocycles. The standard InChI is InChI=1S/C19H20N2O2S2/c1-13-2-4-14(5-3-13)11-24-9-8-20-19(23)15-6-7-17-16(10-15)21-18(22)12-25-17/h2-7,10H,8-9,11-12H2,1H3,(H,20,23)(H,21,22). The van der Waals surface area contributed by atoms with E-state index in [4.69, 9.17) is 0 Å². The third-order valence-corrected chi connectivity index (χ3v) is 5.90. The third-order valence-electron chi connectivity index (χ3n) is 3.80. The van der Waals surface area contributed by atoms with Gasteiger partial charge in [0.2, 0.25) is 5.91 Å². The Kier molecular flexibility index (Phi) is 6.04. The second kappa shape index (κ2) is 8.45. The summed E-state index contributed by atoms with van der Waals surface area (Å²) in [7, 11) is 0. The number of nitrogens with one attached hydrogen (secondary N) is 2. The zero-order valence-corrected chi connectivity index (χ0v) is 15.6. The van der Waals surface area contributed by atoms with E-state index in [2.05, 4.69) is 41.8 Å². The molecule has 0 radical (unpaired) electrons. The van der Waals surface area contributed by atoms with Gasteiger partial charge in [-0.05, 0) is 30.7 Å². The van der Waals surface area contributed by atoms with Crippen molar-refractivity contribution in [2.75, 3.05) is 23.4 Å². The second-order valence-electron chi connectivity index (χ2n) is 5.84. The lowest BCUT2D eigenvalue weighted by molar-refractivity contribution is -0.113. The number of fused-ring (bicyclic) bond motifs is 1. The summed E-state index contributed by atoms with van der Waals surface area (Å²) in [6, 6.07) is 13.9. The van der Waals surface area contributed by atoms with E-state index < -0.39 is 0 Å². The average Bonchev–Trinajstić information content (AvgIpc) is 2.62. The van der Waals surface area contributed by atoms with Gasteiger partial charge in [-0.25, -0.2) is 0 Å². The summed E-state index contributed by atoms with van der Waals surface area (Å²) in [6.07, 6.45) is 0. The fourth-order valence-corrected chi connectivity index (χ4v) is 4.04. The molecule has 1 aliphatic rings. The molecule has 0 unspecified atom stereocenters. The maximum atomic E-state index is 12.2. The first-order valence-corrected chi connectivity index (χ1v) is 10.2. The van der Waals surface area contributed by atoms with Crippen molar-refractivity contribution in [1.82, 2.24) is 5.32 Å². The Hall–Kier alpha value is -1.92. The van der Waals surface area contributed by atoms with Crippen LogP contribution in [-0.4, -0.2) is 29.9 Å². The third kappa shape index (κ3) is 5.03. The van der Waals surface area contributed by atoms with E-state index in [0.29, 0.717) is 17.9 Å². The Bertz CT molecular complexity index is 775. The molecule has 2 aromatic rings. The first-order valence-electron chi connectivity index (χ1n) is 8.10. The van der Waals surface area contributed by atoms with Gasteiger partial charge in [0.25, 0.3) is 5.91 Å². The SMILES string of the molecule is Cc1ccc(CSCCNC(=O)c2ccc3c(c2)NC(=O)CS3)cc1. The molecule has 4 nitrogen and oxygen atoms in total. The number of anilines is 1. The van der Waals surface area contributed by atoms with E-state index in [1.54, 1.807) is 23.9 Å². The largest absolute Gasteiger partial charge is 0.351 e. The Labute approximate surface area is 156 Å². The molecule has 0 saturated carbocycles. The Morgan fingerprint density at radius 2 is 2.04 bits per heavy atom. The highest BCUT2D eigenvalue weighted by molar-refractivity contribution is 8.00. The molecule has 0 fully saturated rings. The van der Waals surface area contributed by atoms with Crippen molar-refractivity contribution in [3.05, 3.63) is 59.2 Å². The van der Waals surface area contributed by atoms with Gasteiger partial charge in [0.05, 0.1) is 11.4 Å². The van der Waals surface area contributed by atoms with Gasteiger partial charge in [0.15, 0.2) is 0 Å². The van der Waals surface area contributed by atoms with Gasteiger partial charge in [-0.2, -0.15) is 11.8 Å². The van der Waals surface area contributed by atoms with Gasteiger partial charge < -0.3 is 10.6 Å². The Morgan fingerprint density at radius 1 is 1.24 bits per heavy atom. The number of rotatable bonds is 6. The first kappa shape index (κ1) is 17.9. The highest BCUT2D eigenvalue weighted by atomic mass is 32.2. The highest BCUT2D eigenvalue weighted by Crippen LogP contribution is 2.31. The molecule has 0 atom stereocenters. The lowest BCUT2D eigenvalue weighted by Crippen LogP contribution is -2.26. The number of amides is 2. The van der Waals surface area contributed by atoms with Crippen LogP contribution in [0.1, 0.15) is 21.5 Å². The van der Waals surface area contributed by atoms with Crippen LogP contribution in [0.5, 0.6) is 0 Å². The summed E-state index contributed by atoms with van der Waals surface area (Å²) < 4.78 is 0. The molecule has 0 bridgehead atoms. The number of aryl methyl sites for hydroxylation is 1. The zero-order valence-electron chi connectivity index (χ0n) is 14.0. The molecule has 130 valence electrons. The molecule has 2 N–H and O–H groups in total. The lowest BCUT2D eigenvalue weighted by atomic mass is 10.2. The molecule has 1 aliphatic heterocycles. The predicted octanol–water partition coefficient (Wildman–Crippen LogP) is 3.70. The summed E-state index contributed by atoms with van der Waals surface area (Å²) in [5, 5.41) is 5.74. The number of carbonyl (C=O) groups is 2. The van der Waals surface area contributed by atoms with Crippen molar-refractivity contribution < 1.29 is 9.59 Å². The molecule has 2 amide bonds. The molecular formula is C19H20N2O2S2. The fraction of sp³-hybridized carbons (Fsp3) is 0.263. The minimum atomic E-state index is -0.108. The van der Waals surface area contributed by atoms with Gasteiger partial charge in [-0.15, -0.1) is 11.8 Å². The van der Waals surface area contributed by atoms with Crippen LogP contribution >= 0.6 is 23.5 Å². The van der Waals surface area contributed by atoms with Crippen LogP contribution in [0.4, 0.5) is 5.69 Å². The lowest BCUT2D eigenvalue weighted by Gasteiger charge is -2.16. The molecule has 0 spiro atoms. The summed E-state index contributed by atoms with van der Waals surface area (Å²) in [6.45, 7) is 2.70. The second-order valence-corrected chi connectivity index (χ2v) is 7.96. The number of hydrogen-bond acceptors (Lipinski definition) is 4. The van der Waals surface area contributed by atoms with E-state index in [9.17, 15) is 9.59 Å². The monoisotopic (exact) mass is 372 g/mol. The van der Waals surface area contributed by atoms with Gasteiger partial charge in [0, 0.05) is 28.5 Å². The van der Waals surface area contributed by atoms with Crippen LogP contribution in [-0.2, 0) is 10.5 Å². The van der Waals surface area contributed by atoms with Crippen molar-refractivity contribution in [2.45, 2.75) is 17.6 Å². The summed E-state index contributed by atoms with van der Waals surface area (Å²) in [5.41, 5.74) is 3.86. The Morgan fingerprint density at radius 3 is 2.84 bits per heavy atom. The predicted molar refractivity (Wildman–Crippen MR) is 105 cm³/mol. The van der Waals surface area contributed by atoms with Gasteiger partial charge in [0.1, 0.15) is 0 Å². The summed E-state index contributed by atoms with van der Waals surface area (Å²) >= 11 is 3.29. The molecule has 3 rings (SSSR count). The van der Waals surface area contributed by atoms with Crippen LogP contribution in [0.25, 0.3) is 0 Å². The molecule has 6 heteroatoms. The number of carbonyl (C=O) groups excluding carboxylic acids is 2. The summed E-state index contributed by atoms with van der Waals surface area (Å²) in [4.78, 5) is 24.7. The van der Waals surface area contributed by atoms with Gasteiger partial charge in [-0.1, -0.05) is 29.8 Å². The van der Waals surface area contributed by atoms with Crippen molar-refractivity contribution in [2.24, 2.45) is 0 Å². The van der Waals surface area contributed by atoms with Gasteiger partial charge in [-0.3, -0.25) is 9.59 Å². The summed E-state index contributed by atoms with van der Waals surface area (Å²) in [5.74, 6) is 2.10. The highest BCUT2D eigenvalue weighted by Gasteiger charge is 2.17. The number of benzene rings is 2. The van der Waals surface area contributed by atoms with Crippen LogP contribution in [0.3, 0.4) is 0 Å². The molecule has 0 saturated heterocycles. The van der Waals surface area contributed by atoms with E-state index >= 15 is 0 Å². The minimum absolute atomic E-state index is 0.0254. The van der Waals surface area contributed by atoms with E-state index in [1.165, 1.54) is 22.9 Å². The van der Waals surface area contributed by atoms with Crippen molar-refractivity contribution in [3.63, 3.8) is 0 Å². The number of thioether (sulfide) groups is 2. The fourth-order valence-electron chi connectivity index (χ4n) is 2.44. The van der Waals surface area contributed by atoms with E-state index in [1.807, 2.05) is 6.07 Å². The smallest absolute Gasteiger partial charge is 0.251 e. The maximum Gasteiger partial charge on any atom is 0.251 e. The van der Waals surface area contributed by atoms with Crippen LogP contribution in [0.2, 0.25) is 0 Å². The average molecular weight is 373 g/mol. The van der Waals surface area contributed by atoms with Crippen molar-refractivity contribution in [3.8, 4) is 0 Å². The van der Waals surface area contributed by atoms with Gasteiger partial charge >= 0.3 is 0 Å². The maximum absolute atomic E-state index is 12.2. The molecule has 0 aromatic heterocycles. The topological polar surface area (TPSA) is 58.2 Å². The number of hydrogen-bond donors (Lipinski definition) is 2. The molecular weight excluding hydrogens is 352 g/mol. The first-order chi connectivity index (χ1) is 12.1. The van der Waals surface area contributed by atoms with Crippen LogP contribution in [0.15, 0.2) is 47.4 Å². The minimum Gasteiger partial charge on any atom is -0.351 e. The van der Waals surface area contributed by atoms with E-state index in [-0.39, 0.29) is 11.8 Å². The Balaban J connectivity index is 1.44. The van der Waals surface area contributed by atoms with Crippen LogP contribution < -0.4 is 10.6 Å². The van der Waals surface area contributed by atoms with Crippen LogP contribution in [0, 0.1) is 6.92 Å². The van der Waals surface area contributed by atoms with E-state index in [0.717, 1.165) is 22.1 Å². The molecule has 25 heavy (non-hydrogen) atoms. The van der Waals surface area contributed by atoms with Crippen molar-refractivity contribution >= 4 is 41.0 Å². The van der Waals surface area contributed by atoms with Crippen molar-refractivity contribution in [1.29, 1.82) is 0 Å². The normalized spacial score (nSPS) is 13.1.